The van der Waals surface area contributed by atoms with Gasteiger partial charge in [0.25, 0.3) is 11.4 Å². The summed E-state index contributed by atoms with van der Waals surface area (Å²) in [6.45, 7) is 4.10. The van der Waals surface area contributed by atoms with E-state index in [4.69, 9.17) is 9.73 Å². The summed E-state index contributed by atoms with van der Waals surface area (Å²) >= 11 is 0. The number of fused-ring (bicyclic) bond motifs is 6. The van der Waals surface area contributed by atoms with Gasteiger partial charge in [0.2, 0.25) is 5.72 Å². The molecule has 174 valence electrons. The molecule has 0 N–H and O–H groups in total. The summed E-state index contributed by atoms with van der Waals surface area (Å²) in [5.41, 5.74) is 0.953. The van der Waals surface area contributed by atoms with E-state index in [2.05, 4.69) is 13.8 Å². The van der Waals surface area contributed by atoms with Gasteiger partial charge in [-0.3, -0.25) is 25.2 Å². The van der Waals surface area contributed by atoms with Gasteiger partial charge < -0.3 is 9.64 Å². The lowest BCUT2D eigenvalue weighted by Gasteiger charge is -2.45. The second-order valence-corrected chi connectivity index (χ2v) is 9.40. The zero-order valence-electron chi connectivity index (χ0n) is 19.2. The zero-order chi connectivity index (χ0) is 24.7. The minimum absolute atomic E-state index is 0.0164. The first-order valence-corrected chi connectivity index (χ1v) is 11.1. The van der Waals surface area contributed by atoms with Crippen LogP contribution in [0.25, 0.3) is 21.5 Å². The van der Waals surface area contributed by atoms with Crippen molar-refractivity contribution in [2.75, 3.05) is 11.9 Å². The van der Waals surface area contributed by atoms with E-state index in [9.17, 15) is 20.2 Å². The monoisotopic (exact) mass is 468 g/mol. The SMILES string of the molecule is CN1c2ccc3c([N+](=O)[O-])cccc3c2C(C)(C)C12C=Nc1c(ccc3cc([N+](=O)[O-])ccc13)O2. The molecule has 9 heteroatoms. The van der Waals surface area contributed by atoms with Gasteiger partial charge in [-0.2, -0.15) is 0 Å². The summed E-state index contributed by atoms with van der Waals surface area (Å²) in [6, 6.07) is 17.1. The van der Waals surface area contributed by atoms with Gasteiger partial charge in [0.05, 0.1) is 26.9 Å². The van der Waals surface area contributed by atoms with Gasteiger partial charge >= 0.3 is 0 Å². The van der Waals surface area contributed by atoms with Gasteiger partial charge in [0.1, 0.15) is 11.4 Å². The second-order valence-electron chi connectivity index (χ2n) is 9.40. The maximum Gasteiger partial charge on any atom is 0.277 e. The number of hydrogen-bond acceptors (Lipinski definition) is 7. The fourth-order valence-electron chi connectivity index (χ4n) is 5.60. The number of rotatable bonds is 2. The van der Waals surface area contributed by atoms with Crippen LogP contribution in [0.2, 0.25) is 0 Å². The van der Waals surface area contributed by atoms with E-state index in [0.29, 0.717) is 22.2 Å². The number of anilines is 1. The zero-order valence-corrected chi connectivity index (χ0v) is 19.2. The first-order chi connectivity index (χ1) is 16.7. The number of nitrogens with zero attached hydrogens (tertiary/aromatic N) is 4. The van der Waals surface area contributed by atoms with E-state index >= 15 is 0 Å². The Morgan fingerprint density at radius 2 is 1.69 bits per heavy atom. The number of nitro benzene ring substituents is 2. The van der Waals surface area contributed by atoms with Crippen LogP contribution in [0.3, 0.4) is 0 Å². The van der Waals surface area contributed by atoms with Crippen LogP contribution >= 0.6 is 0 Å². The average Bonchev–Trinajstić information content (AvgIpc) is 3.00. The van der Waals surface area contributed by atoms with Crippen LogP contribution in [0.4, 0.5) is 22.7 Å². The predicted octanol–water partition coefficient (Wildman–Crippen LogP) is 6.03. The molecule has 9 nitrogen and oxygen atoms in total. The third kappa shape index (κ3) is 2.60. The second kappa shape index (κ2) is 6.75. The molecule has 6 rings (SSSR count). The van der Waals surface area contributed by atoms with Crippen LogP contribution in [-0.4, -0.2) is 28.8 Å². The van der Waals surface area contributed by atoms with Crippen molar-refractivity contribution >= 4 is 50.5 Å². The smallest absolute Gasteiger partial charge is 0.277 e. The summed E-state index contributed by atoms with van der Waals surface area (Å²) in [5.74, 6) is 0.567. The highest BCUT2D eigenvalue weighted by Gasteiger charge is 2.59. The number of benzene rings is 4. The number of ether oxygens (including phenoxy) is 1. The van der Waals surface area contributed by atoms with E-state index in [0.717, 1.165) is 22.0 Å². The van der Waals surface area contributed by atoms with Gasteiger partial charge in [0.15, 0.2) is 0 Å². The maximum absolute atomic E-state index is 11.7. The Kier molecular flexibility index (Phi) is 4.06. The molecule has 0 saturated heterocycles. The van der Waals surface area contributed by atoms with Crippen molar-refractivity contribution in [3.63, 3.8) is 0 Å². The van der Waals surface area contributed by atoms with Crippen molar-refractivity contribution in [1.29, 1.82) is 0 Å². The largest absolute Gasteiger partial charge is 0.459 e. The Hall–Kier alpha value is -4.53. The first-order valence-electron chi connectivity index (χ1n) is 11.1. The molecular formula is C26H20N4O5. The van der Waals surface area contributed by atoms with Crippen LogP contribution in [0, 0.1) is 20.2 Å². The normalized spacial score (nSPS) is 19.6. The molecular weight excluding hydrogens is 448 g/mol. The molecule has 0 bridgehead atoms. The van der Waals surface area contributed by atoms with E-state index < -0.39 is 16.1 Å². The minimum atomic E-state index is -0.976. The van der Waals surface area contributed by atoms with Crippen molar-refractivity contribution in [2.45, 2.75) is 25.0 Å². The van der Waals surface area contributed by atoms with Crippen molar-refractivity contribution in [3.05, 3.63) is 86.5 Å². The summed E-state index contributed by atoms with van der Waals surface area (Å²) < 4.78 is 6.71. The molecule has 35 heavy (non-hydrogen) atoms. The molecule has 2 aliphatic rings. The third-order valence-electron chi connectivity index (χ3n) is 7.38. The molecule has 2 aliphatic heterocycles. The molecule has 2 heterocycles. The van der Waals surface area contributed by atoms with Crippen LogP contribution in [0.5, 0.6) is 5.75 Å². The molecule has 0 radical (unpaired) electrons. The fourth-order valence-corrected chi connectivity index (χ4v) is 5.60. The van der Waals surface area contributed by atoms with Crippen molar-refractivity contribution < 1.29 is 14.6 Å². The maximum atomic E-state index is 11.7. The summed E-state index contributed by atoms with van der Waals surface area (Å²) in [7, 11) is 1.93. The van der Waals surface area contributed by atoms with Crippen molar-refractivity contribution in [2.24, 2.45) is 4.99 Å². The fraction of sp³-hybridized carbons (Fsp3) is 0.192. The summed E-state index contributed by atoms with van der Waals surface area (Å²) in [4.78, 5) is 28.9. The summed E-state index contributed by atoms with van der Waals surface area (Å²) in [5, 5.41) is 25.7. The number of hydrogen-bond donors (Lipinski definition) is 0. The average molecular weight is 468 g/mol. The lowest BCUT2D eigenvalue weighted by molar-refractivity contribution is -0.384. The molecule has 0 aromatic heterocycles. The Balaban J connectivity index is 1.53. The van der Waals surface area contributed by atoms with E-state index in [1.54, 1.807) is 36.5 Å². The number of aliphatic imine (C=N–C) groups is 1. The van der Waals surface area contributed by atoms with Gasteiger partial charge in [-0.1, -0.05) is 18.2 Å². The highest BCUT2D eigenvalue weighted by atomic mass is 16.6. The number of non-ortho nitro benzene ring substituents is 2. The first kappa shape index (κ1) is 21.0. The van der Waals surface area contributed by atoms with Gasteiger partial charge in [-0.15, -0.1) is 0 Å². The van der Waals surface area contributed by atoms with Crippen LogP contribution in [0.1, 0.15) is 19.4 Å². The Morgan fingerprint density at radius 3 is 2.43 bits per heavy atom. The Bertz CT molecular complexity index is 1640. The van der Waals surface area contributed by atoms with E-state index in [1.807, 2.05) is 24.1 Å². The topological polar surface area (TPSA) is 111 Å². The molecule has 0 fully saturated rings. The molecule has 1 unspecified atom stereocenters. The van der Waals surface area contributed by atoms with Gasteiger partial charge in [-0.05, 0) is 54.4 Å². The summed E-state index contributed by atoms with van der Waals surface area (Å²) in [6.07, 6.45) is 1.78. The Morgan fingerprint density at radius 1 is 0.914 bits per heavy atom. The highest BCUT2D eigenvalue weighted by Crippen LogP contribution is 2.56. The molecule has 0 aliphatic carbocycles. The van der Waals surface area contributed by atoms with Crippen LogP contribution in [-0.2, 0) is 5.41 Å². The van der Waals surface area contributed by atoms with Crippen LogP contribution in [0.15, 0.2) is 65.7 Å². The van der Waals surface area contributed by atoms with Crippen LogP contribution < -0.4 is 9.64 Å². The quantitative estimate of drug-likeness (QED) is 0.262. The lowest BCUT2D eigenvalue weighted by atomic mass is 9.75. The third-order valence-corrected chi connectivity index (χ3v) is 7.38. The molecule has 0 amide bonds. The van der Waals surface area contributed by atoms with E-state index in [-0.39, 0.29) is 16.3 Å². The molecule has 4 aromatic carbocycles. The Labute approximate surface area is 199 Å². The number of nitro groups is 2. The van der Waals surface area contributed by atoms with Crippen molar-refractivity contribution in [3.8, 4) is 5.75 Å². The molecule has 0 saturated carbocycles. The molecule has 1 spiro atoms. The van der Waals surface area contributed by atoms with Gasteiger partial charge in [0, 0.05) is 36.3 Å². The predicted molar refractivity (Wildman–Crippen MR) is 134 cm³/mol. The molecule has 1 atom stereocenters. The highest BCUT2D eigenvalue weighted by molar-refractivity contribution is 6.03. The minimum Gasteiger partial charge on any atom is -0.459 e. The van der Waals surface area contributed by atoms with Gasteiger partial charge in [-0.25, -0.2) is 0 Å². The molecule has 4 aromatic rings. The number of likely N-dealkylation sites (N-methyl/N-ethyl adjacent to an activating group) is 1. The standard InChI is InChI=1S/C26H20N4O5/c1-25(2)23-19-5-4-6-20(30(33)34)18(19)10-11-21(23)28(3)26(25)14-27-24-17-9-8-16(29(31)32)13-15(17)7-12-22(24)35-26/h4-14H,1-3H3. The van der Waals surface area contributed by atoms with E-state index in [1.165, 1.54) is 18.2 Å². The van der Waals surface area contributed by atoms with Crippen molar-refractivity contribution in [1.82, 2.24) is 0 Å². The lowest BCUT2D eigenvalue weighted by Crippen LogP contribution is -2.61.